The smallest absolute Gasteiger partial charge is 0.414 e. The molecule has 158 valence electrons. The van der Waals surface area contributed by atoms with Crippen LogP contribution in [0.5, 0.6) is 23.0 Å². The summed E-state index contributed by atoms with van der Waals surface area (Å²) < 4.78 is 21.4. The topological polar surface area (TPSA) is 124 Å². The van der Waals surface area contributed by atoms with Gasteiger partial charge in [0.1, 0.15) is 11.5 Å². The van der Waals surface area contributed by atoms with Crippen LogP contribution in [0.3, 0.4) is 0 Å². The van der Waals surface area contributed by atoms with E-state index in [-0.39, 0.29) is 0 Å². The van der Waals surface area contributed by atoms with Crippen molar-refractivity contribution in [3.05, 3.63) is 47.5 Å². The Morgan fingerprint density at radius 2 is 1.21 bits per heavy atom. The standard InChI is InChI=1S/C18H23NO4.C2H2O4/c1-20-15-8-6-5-7-13(15)11-19-12-14-9-17(22-3)18(23-4)10-16(14)21-2;3-1(4)2(5)6/h5-10,19H,11-12H2,1-4H3;(H,3,4)(H,5,6). The third-order valence-corrected chi connectivity index (χ3v) is 3.79. The molecule has 2 rings (SSSR count). The van der Waals surface area contributed by atoms with Crippen LogP contribution < -0.4 is 24.3 Å². The predicted octanol–water partition coefficient (Wildman–Crippen LogP) is 2.17. The first-order valence-electron chi connectivity index (χ1n) is 8.45. The Labute approximate surface area is 168 Å². The van der Waals surface area contributed by atoms with Gasteiger partial charge in [0.25, 0.3) is 0 Å². The minimum atomic E-state index is -1.82. The fourth-order valence-corrected chi connectivity index (χ4v) is 2.41. The highest BCUT2D eigenvalue weighted by atomic mass is 16.5. The fraction of sp³-hybridized carbons (Fsp3) is 0.300. The molecule has 29 heavy (non-hydrogen) atoms. The van der Waals surface area contributed by atoms with E-state index in [0.717, 1.165) is 22.6 Å². The second kappa shape index (κ2) is 12.1. The molecular formula is C20H25NO8. The SMILES string of the molecule is COc1ccccc1CNCc1cc(OC)c(OC)cc1OC.O=C(O)C(=O)O. The molecule has 0 radical (unpaired) electrons. The number of carbonyl (C=O) groups is 2. The zero-order valence-electron chi connectivity index (χ0n) is 16.7. The summed E-state index contributed by atoms with van der Waals surface area (Å²) in [5.41, 5.74) is 2.11. The van der Waals surface area contributed by atoms with Crippen molar-refractivity contribution in [3.8, 4) is 23.0 Å². The summed E-state index contributed by atoms with van der Waals surface area (Å²) in [4.78, 5) is 18.2. The molecule has 0 aliphatic rings. The van der Waals surface area contributed by atoms with E-state index in [0.29, 0.717) is 24.6 Å². The second-order valence-electron chi connectivity index (χ2n) is 5.54. The first-order valence-corrected chi connectivity index (χ1v) is 8.45. The minimum absolute atomic E-state index is 0.640. The van der Waals surface area contributed by atoms with E-state index in [4.69, 9.17) is 38.7 Å². The first-order chi connectivity index (χ1) is 13.9. The Morgan fingerprint density at radius 3 is 1.72 bits per heavy atom. The number of benzene rings is 2. The van der Waals surface area contributed by atoms with Crippen molar-refractivity contribution in [1.82, 2.24) is 5.32 Å². The highest BCUT2D eigenvalue weighted by Crippen LogP contribution is 2.34. The number of ether oxygens (including phenoxy) is 4. The number of carboxylic acids is 2. The second-order valence-corrected chi connectivity index (χ2v) is 5.54. The predicted molar refractivity (Wildman–Crippen MR) is 105 cm³/mol. The molecular weight excluding hydrogens is 382 g/mol. The van der Waals surface area contributed by atoms with Gasteiger partial charge in [-0.2, -0.15) is 0 Å². The van der Waals surface area contributed by atoms with E-state index >= 15 is 0 Å². The molecule has 0 heterocycles. The molecule has 2 aromatic rings. The molecule has 9 nitrogen and oxygen atoms in total. The monoisotopic (exact) mass is 407 g/mol. The molecule has 0 amide bonds. The maximum absolute atomic E-state index is 9.10. The van der Waals surface area contributed by atoms with Crippen LogP contribution in [-0.2, 0) is 22.7 Å². The summed E-state index contributed by atoms with van der Waals surface area (Å²) in [6.45, 7) is 1.34. The number of hydrogen-bond donors (Lipinski definition) is 3. The maximum Gasteiger partial charge on any atom is 0.414 e. The van der Waals surface area contributed by atoms with Crippen molar-refractivity contribution < 1.29 is 38.7 Å². The molecule has 0 atom stereocenters. The zero-order valence-corrected chi connectivity index (χ0v) is 16.7. The lowest BCUT2D eigenvalue weighted by molar-refractivity contribution is -0.159. The van der Waals surface area contributed by atoms with Crippen LogP contribution in [0.15, 0.2) is 36.4 Å². The van der Waals surface area contributed by atoms with Gasteiger partial charge in [0.2, 0.25) is 0 Å². The summed E-state index contributed by atoms with van der Waals surface area (Å²) in [7, 11) is 6.55. The normalized spacial score (nSPS) is 9.66. The zero-order chi connectivity index (χ0) is 21.8. The largest absolute Gasteiger partial charge is 0.496 e. The van der Waals surface area contributed by atoms with Gasteiger partial charge in [-0.1, -0.05) is 18.2 Å². The van der Waals surface area contributed by atoms with Crippen molar-refractivity contribution >= 4 is 11.9 Å². The van der Waals surface area contributed by atoms with Crippen LogP contribution in [0.1, 0.15) is 11.1 Å². The Hall–Kier alpha value is -3.46. The molecule has 0 saturated heterocycles. The lowest BCUT2D eigenvalue weighted by Gasteiger charge is -2.15. The number of hydrogen-bond acceptors (Lipinski definition) is 7. The van der Waals surface area contributed by atoms with E-state index in [9.17, 15) is 0 Å². The van der Waals surface area contributed by atoms with Crippen LogP contribution in [0, 0.1) is 0 Å². The highest BCUT2D eigenvalue weighted by Gasteiger charge is 2.12. The quantitative estimate of drug-likeness (QED) is 0.565. The molecule has 0 aromatic heterocycles. The van der Waals surface area contributed by atoms with Crippen LogP contribution in [0.4, 0.5) is 0 Å². The molecule has 0 unspecified atom stereocenters. The number of rotatable bonds is 8. The highest BCUT2D eigenvalue weighted by molar-refractivity contribution is 6.27. The molecule has 0 saturated carbocycles. The van der Waals surface area contributed by atoms with Gasteiger partial charge in [-0.3, -0.25) is 0 Å². The Kier molecular flexibility index (Phi) is 9.83. The molecule has 0 aliphatic heterocycles. The molecule has 3 N–H and O–H groups in total. The average Bonchev–Trinajstić information content (AvgIpc) is 2.73. The summed E-state index contributed by atoms with van der Waals surface area (Å²) in [6.07, 6.45) is 0. The summed E-state index contributed by atoms with van der Waals surface area (Å²) in [5.74, 6) is -0.681. The van der Waals surface area contributed by atoms with Gasteiger partial charge < -0.3 is 34.5 Å². The first kappa shape index (κ1) is 23.6. The van der Waals surface area contributed by atoms with Crippen molar-refractivity contribution in [2.45, 2.75) is 13.1 Å². The van der Waals surface area contributed by atoms with Crippen LogP contribution >= 0.6 is 0 Å². The van der Waals surface area contributed by atoms with Gasteiger partial charge in [0, 0.05) is 30.3 Å². The number of aliphatic carboxylic acids is 2. The van der Waals surface area contributed by atoms with Crippen molar-refractivity contribution in [2.75, 3.05) is 28.4 Å². The third kappa shape index (κ3) is 7.23. The van der Waals surface area contributed by atoms with Gasteiger partial charge in [-0.05, 0) is 12.1 Å². The maximum atomic E-state index is 9.10. The van der Waals surface area contributed by atoms with E-state index in [1.54, 1.807) is 28.4 Å². The van der Waals surface area contributed by atoms with E-state index < -0.39 is 11.9 Å². The van der Waals surface area contributed by atoms with Crippen molar-refractivity contribution in [2.24, 2.45) is 0 Å². The third-order valence-electron chi connectivity index (χ3n) is 3.79. The minimum Gasteiger partial charge on any atom is -0.496 e. The van der Waals surface area contributed by atoms with Gasteiger partial charge in [-0.15, -0.1) is 0 Å². The molecule has 0 spiro atoms. The molecule has 0 aliphatic carbocycles. The van der Waals surface area contributed by atoms with Gasteiger partial charge in [0.15, 0.2) is 11.5 Å². The fourth-order valence-electron chi connectivity index (χ4n) is 2.41. The summed E-state index contributed by atoms with van der Waals surface area (Å²) >= 11 is 0. The van der Waals surface area contributed by atoms with Gasteiger partial charge >= 0.3 is 11.9 Å². The van der Waals surface area contributed by atoms with Crippen molar-refractivity contribution in [3.63, 3.8) is 0 Å². The van der Waals surface area contributed by atoms with Crippen molar-refractivity contribution in [1.29, 1.82) is 0 Å². The number of para-hydroxylation sites is 1. The molecule has 0 fully saturated rings. The Bertz CT molecular complexity index is 810. The summed E-state index contributed by atoms with van der Waals surface area (Å²) in [5, 5.41) is 18.2. The van der Waals surface area contributed by atoms with Crippen LogP contribution in [-0.4, -0.2) is 50.6 Å². The molecule has 9 heteroatoms. The van der Waals surface area contributed by atoms with Gasteiger partial charge in [-0.25, -0.2) is 9.59 Å². The molecule has 2 aromatic carbocycles. The Balaban J connectivity index is 0.000000612. The van der Waals surface area contributed by atoms with Crippen LogP contribution in [0.25, 0.3) is 0 Å². The van der Waals surface area contributed by atoms with Gasteiger partial charge in [0.05, 0.1) is 28.4 Å². The van der Waals surface area contributed by atoms with Crippen LogP contribution in [0.2, 0.25) is 0 Å². The summed E-state index contributed by atoms with van der Waals surface area (Å²) in [6, 6.07) is 11.7. The number of nitrogens with one attached hydrogen (secondary N) is 1. The Morgan fingerprint density at radius 1 is 0.724 bits per heavy atom. The van der Waals surface area contributed by atoms with E-state index in [2.05, 4.69) is 5.32 Å². The lowest BCUT2D eigenvalue weighted by Crippen LogP contribution is -2.14. The number of methoxy groups -OCH3 is 4. The average molecular weight is 407 g/mol. The van der Waals surface area contributed by atoms with E-state index in [1.807, 2.05) is 36.4 Å². The lowest BCUT2D eigenvalue weighted by atomic mass is 10.1. The number of carboxylic acid groups (broad SMARTS) is 2. The molecule has 0 bridgehead atoms. The van der Waals surface area contributed by atoms with E-state index in [1.165, 1.54) is 0 Å².